The Labute approximate surface area is 519 Å². The van der Waals surface area contributed by atoms with Crippen LogP contribution in [0, 0.1) is 10.8 Å². The number of thioether (sulfide) groups is 2. The first-order chi connectivity index (χ1) is 39.6. The van der Waals surface area contributed by atoms with E-state index in [1.807, 2.05) is 88.9 Å². The molecule has 4 saturated heterocycles. The molecule has 84 heavy (non-hydrogen) atoms. The first-order valence-corrected chi connectivity index (χ1v) is 32.4. The van der Waals surface area contributed by atoms with Gasteiger partial charge in [0.05, 0.1) is 81.3 Å². The van der Waals surface area contributed by atoms with Crippen LogP contribution >= 0.6 is 60.2 Å². The van der Waals surface area contributed by atoms with Crippen molar-refractivity contribution < 1.29 is 43.3 Å². The van der Waals surface area contributed by atoms with Crippen LogP contribution in [0.15, 0.2) is 72.8 Å². The van der Waals surface area contributed by atoms with Gasteiger partial charge in [0.25, 0.3) is 0 Å². The molecule has 0 bridgehead atoms. The van der Waals surface area contributed by atoms with E-state index < -0.39 is 65.5 Å². The van der Waals surface area contributed by atoms with Crippen molar-refractivity contribution in [2.75, 3.05) is 25.6 Å². The summed E-state index contributed by atoms with van der Waals surface area (Å²) >= 11 is 21.3. The SMILES string of the molecule is C[C@@H](C(=S)N[C@H]1CCS[C@H]2CC(C)(C)[C@@H](C(=O)N[C@H]3c4ccccc4C[C@H]3OCc3ccc(CO[C@@H]4Cc5ccccc5[C@@H]4NC(=S)[C@H]4N5C(=O)[C@@H](NC(=S)[C@H](C)N(C)C(=O)OC(C)(C)C)CCS[C@H]5CC4(C)C)cc3)N2C1=O)N(C)C(=O)O. The molecule has 4 fully saturated rings. The maximum Gasteiger partial charge on any atom is 0.410 e. The van der Waals surface area contributed by atoms with Crippen molar-refractivity contribution in [2.45, 2.75) is 191 Å². The molecule has 0 spiro atoms. The molecule has 2 aliphatic carbocycles. The van der Waals surface area contributed by atoms with Gasteiger partial charge in [0.1, 0.15) is 23.7 Å². The molecule has 0 aromatic heterocycles. The number of carbonyl (C=O) groups excluding carboxylic acids is 4. The molecule has 5 N–H and O–H groups in total. The third kappa shape index (κ3) is 13.7. The molecular weight excluding hydrogens is 1160 g/mol. The lowest BCUT2D eigenvalue weighted by atomic mass is 9.83. The fraction of sp³-hybridized carbons (Fsp3) is 0.581. The first-order valence-electron chi connectivity index (χ1n) is 29.1. The predicted molar refractivity (Wildman–Crippen MR) is 341 cm³/mol. The largest absolute Gasteiger partial charge is 0.465 e. The van der Waals surface area contributed by atoms with Gasteiger partial charge in [0, 0.05) is 26.9 Å². The monoisotopic (exact) mass is 1240 g/mol. The average Bonchev–Trinajstić information content (AvgIpc) is 2.49. The summed E-state index contributed by atoms with van der Waals surface area (Å²) in [5.74, 6) is 0.897. The van der Waals surface area contributed by atoms with Crippen molar-refractivity contribution >= 4 is 105 Å². The molecule has 3 aromatic carbocycles. The van der Waals surface area contributed by atoms with Crippen LogP contribution in [0.2, 0.25) is 0 Å². The van der Waals surface area contributed by atoms with Gasteiger partial charge in [0.15, 0.2) is 0 Å². The summed E-state index contributed by atoms with van der Waals surface area (Å²) in [6, 6.07) is 20.3. The summed E-state index contributed by atoms with van der Waals surface area (Å²) < 4.78 is 19.1. The second kappa shape index (κ2) is 25.7. The summed E-state index contributed by atoms with van der Waals surface area (Å²) in [4.78, 5) is 76.3. The Morgan fingerprint density at radius 1 is 0.667 bits per heavy atom. The maximum absolute atomic E-state index is 14.8. The second-order valence-corrected chi connectivity index (χ2v) is 29.6. The molecule has 4 heterocycles. The smallest absolute Gasteiger partial charge is 0.410 e. The Bertz CT molecular complexity index is 3010. The molecular formula is C62H82N8O9S5. The lowest BCUT2D eigenvalue weighted by molar-refractivity contribution is -0.143. The van der Waals surface area contributed by atoms with Crippen LogP contribution in [0.5, 0.6) is 0 Å². The van der Waals surface area contributed by atoms with Crippen LogP contribution in [-0.2, 0) is 54.6 Å². The number of ether oxygens (including phenoxy) is 3. The van der Waals surface area contributed by atoms with Gasteiger partial charge in [-0.1, -0.05) is 137 Å². The highest BCUT2D eigenvalue weighted by Crippen LogP contribution is 2.49. The number of hydrogen-bond acceptors (Lipinski definition) is 13. The van der Waals surface area contributed by atoms with Gasteiger partial charge in [-0.3, -0.25) is 14.4 Å². The van der Waals surface area contributed by atoms with Crippen molar-refractivity contribution in [3.05, 3.63) is 106 Å². The van der Waals surface area contributed by atoms with E-state index in [1.165, 1.54) is 17.5 Å². The van der Waals surface area contributed by atoms with Crippen LogP contribution < -0.4 is 21.3 Å². The van der Waals surface area contributed by atoms with E-state index >= 15 is 0 Å². The Kier molecular flexibility index (Phi) is 19.4. The van der Waals surface area contributed by atoms with Gasteiger partial charge < -0.3 is 60.2 Å². The van der Waals surface area contributed by atoms with E-state index in [1.54, 1.807) is 42.4 Å². The molecule has 0 unspecified atom stereocenters. The molecule has 12 atom stereocenters. The van der Waals surface area contributed by atoms with Crippen molar-refractivity contribution in [3.63, 3.8) is 0 Å². The Hall–Kier alpha value is -5.10. The zero-order valence-electron chi connectivity index (χ0n) is 50.0. The molecule has 454 valence electrons. The molecule has 22 heteroatoms. The van der Waals surface area contributed by atoms with Gasteiger partial charge in [-0.05, 0) is 116 Å². The number of hydrogen-bond donors (Lipinski definition) is 5. The number of rotatable bonds is 16. The number of carbonyl (C=O) groups is 5. The molecule has 0 radical (unpaired) electrons. The molecule has 5 amide bonds. The average molecular weight is 1240 g/mol. The van der Waals surface area contributed by atoms with E-state index in [4.69, 9.17) is 50.9 Å². The number of thiocarbonyl (C=S) groups is 3. The third-order valence-corrected chi connectivity index (χ3v) is 21.3. The van der Waals surface area contributed by atoms with E-state index in [0.29, 0.717) is 61.0 Å². The van der Waals surface area contributed by atoms with E-state index in [-0.39, 0.29) is 57.1 Å². The van der Waals surface area contributed by atoms with Crippen LogP contribution in [0.4, 0.5) is 9.59 Å². The van der Waals surface area contributed by atoms with Crippen molar-refractivity contribution in [1.82, 2.24) is 40.9 Å². The molecule has 3 aromatic rings. The number of nitrogens with zero attached hydrogens (tertiary/aromatic N) is 4. The van der Waals surface area contributed by atoms with Crippen LogP contribution in [0.3, 0.4) is 0 Å². The normalized spacial score (nSPS) is 27.4. The predicted octanol–water partition coefficient (Wildman–Crippen LogP) is 9.09. The second-order valence-electron chi connectivity index (χ2n) is 25.7. The molecule has 6 aliphatic rings. The highest BCUT2D eigenvalue weighted by Gasteiger charge is 2.56. The topological polar surface area (TPSA) is 194 Å². The van der Waals surface area contributed by atoms with E-state index in [0.717, 1.165) is 44.9 Å². The van der Waals surface area contributed by atoms with Crippen LogP contribution in [0.25, 0.3) is 0 Å². The Morgan fingerprint density at radius 3 is 1.56 bits per heavy atom. The highest BCUT2D eigenvalue weighted by molar-refractivity contribution is 8.00. The number of benzene rings is 3. The zero-order valence-corrected chi connectivity index (χ0v) is 54.1. The summed E-state index contributed by atoms with van der Waals surface area (Å²) in [7, 11) is 3.09. The minimum atomic E-state index is -1.12. The number of nitrogens with one attached hydrogen (secondary N) is 4. The lowest BCUT2D eigenvalue weighted by Gasteiger charge is -2.37. The maximum atomic E-state index is 14.8. The van der Waals surface area contributed by atoms with Crippen molar-refractivity contribution in [3.8, 4) is 0 Å². The van der Waals surface area contributed by atoms with Gasteiger partial charge >= 0.3 is 12.2 Å². The highest BCUT2D eigenvalue weighted by atomic mass is 32.2. The summed E-state index contributed by atoms with van der Waals surface area (Å²) in [6.45, 7) is 18.1. The number of carboxylic acid groups (broad SMARTS) is 1. The van der Waals surface area contributed by atoms with Gasteiger partial charge in [-0.15, -0.1) is 23.5 Å². The quantitative estimate of drug-likeness (QED) is 0.0852. The minimum Gasteiger partial charge on any atom is -0.465 e. The van der Waals surface area contributed by atoms with Gasteiger partial charge in [0.2, 0.25) is 17.7 Å². The Balaban J connectivity index is 0.831. The number of likely N-dealkylation sites (N-methyl/N-ethyl adjacent to an activating group) is 2. The lowest BCUT2D eigenvalue weighted by Crippen LogP contribution is -2.58. The third-order valence-electron chi connectivity index (χ3n) is 17.5. The summed E-state index contributed by atoms with van der Waals surface area (Å²) in [5.41, 5.74) is 4.78. The Morgan fingerprint density at radius 2 is 1.10 bits per heavy atom. The first kappa shape index (κ1) is 63.4. The fourth-order valence-corrected chi connectivity index (χ4v) is 17.0. The van der Waals surface area contributed by atoms with Gasteiger partial charge in [-0.25, -0.2) is 9.59 Å². The standard InChI is InChI=1S/C62H82N8O9S5/c1-34(67(10)58(74)75)53(80)63-42-24-26-83-46-30-61(6,7)50(69(46)56(42)72)52(71)65-48-40-18-14-12-16-38(40)28-44(48)77-32-36-20-22-37(23-21-36)33-78-45-29-39-17-13-15-19-41(39)49(45)66-55(82)51-62(8,9)31-47-70(51)57(73)43(25-27-84-47)64-54(81)35(2)68(11)59(76)79-60(3,4)5/h12-23,34-35,42-51H,24-33H2,1-11H3,(H,63,80)(H,64,81)(H,65,71)(H,66,82)(H,74,75)/t34-,35-,42-,43-,44+,45+,46-,47-,48-,49-,50+,51+/m0/s1. The zero-order chi connectivity index (χ0) is 60.7. The summed E-state index contributed by atoms with van der Waals surface area (Å²) in [6.07, 6.45) is 1.51. The molecule has 17 nitrogen and oxygen atoms in total. The molecule has 0 saturated carbocycles. The van der Waals surface area contributed by atoms with E-state index in [9.17, 15) is 29.1 Å². The number of fused-ring (bicyclic) bond motifs is 4. The van der Waals surface area contributed by atoms with E-state index in [2.05, 4.69) is 65.4 Å². The van der Waals surface area contributed by atoms with Gasteiger partial charge in [-0.2, -0.15) is 0 Å². The fourth-order valence-electron chi connectivity index (χ4n) is 12.7. The molecule has 4 aliphatic heterocycles. The van der Waals surface area contributed by atoms with Crippen molar-refractivity contribution in [2.24, 2.45) is 10.8 Å². The summed E-state index contributed by atoms with van der Waals surface area (Å²) in [5, 5.41) is 22.9. The number of amides is 5. The van der Waals surface area contributed by atoms with Crippen LogP contribution in [-0.4, -0.2) is 160 Å². The van der Waals surface area contributed by atoms with Crippen LogP contribution in [0.1, 0.15) is 133 Å². The van der Waals surface area contributed by atoms with Crippen molar-refractivity contribution in [1.29, 1.82) is 0 Å². The minimum absolute atomic E-state index is 0.0628. The molecule has 9 rings (SSSR count).